The fourth-order valence-corrected chi connectivity index (χ4v) is 3.53. The van der Waals surface area contributed by atoms with Crippen molar-refractivity contribution in [1.29, 1.82) is 0 Å². The average Bonchev–Trinajstić information content (AvgIpc) is 2.67. The summed E-state index contributed by atoms with van der Waals surface area (Å²) in [7, 11) is 0. The van der Waals surface area contributed by atoms with Gasteiger partial charge in [0.1, 0.15) is 5.78 Å². The molecule has 0 atom stereocenters. The van der Waals surface area contributed by atoms with E-state index in [1.807, 2.05) is 48.5 Å². The first kappa shape index (κ1) is 20.9. The van der Waals surface area contributed by atoms with Gasteiger partial charge < -0.3 is 4.90 Å². The number of carbonyl (C=O) groups is 2. The van der Waals surface area contributed by atoms with E-state index in [0.717, 1.165) is 35.2 Å². The lowest BCUT2D eigenvalue weighted by Crippen LogP contribution is -2.32. The molecule has 0 fully saturated rings. The zero-order chi connectivity index (χ0) is 20.9. The van der Waals surface area contributed by atoms with Crippen LogP contribution in [0.1, 0.15) is 69.6 Å². The molecule has 1 aliphatic rings. The number of amides is 1. The summed E-state index contributed by atoms with van der Waals surface area (Å²) in [6.45, 7) is 7.02. The van der Waals surface area contributed by atoms with Crippen LogP contribution in [0.15, 0.2) is 48.5 Å². The van der Waals surface area contributed by atoms with Crippen LogP contribution in [-0.4, -0.2) is 11.7 Å². The van der Waals surface area contributed by atoms with Crippen molar-refractivity contribution >= 4 is 17.4 Å². The van der Waals surface area contributed by atoms with Crippen molar-refractivity contribution in [2.24, 2.45) is 5.41 Å². The van der Waals surface area contributed by atoms with Gasteiger partial charge in [-0.3, -0.25) is 9.59 Å². The van der Waals surface area contributed by atoms with Crippen molar-refractivity contribution in [3.8, 4) is 11.8 Å². The normalized spacial score (nSPS) is 12.7. The van der Waals surface area contributed by atoms with Gasteiger partial charge in [0, 0.05) is 30.4 Å². The largest absolute Gasteiger partial charge is 0.307 e. The maximum Gasteiger partial charge on any atom is 0.227 e. The number of para-hydroxylation sites is 1. The molecular formula is C26H29NO2. The van der Waals surface area contributed by atoms with Crippen LogP contribution in [0.5, 0.6) is 0 Å². The molecule has 0 N–H and O–H groups in total. The molecule has 3 heteroatoms. The van der Waals surface area contributed by atoms with Crippen molar-refractivity contribution < 1.29 is 9.59 Å². The molecule has 3 nitrogen and oxygen atoms in total. The molecule has 150 valence electrons. The number of anilines is 1. The Balaban J connectivity index is 1.71. The summed E-state index contributed by atoms with van der Waals surface area (Å²) in [5.74, 6) is 6.57. The highest BCUT2D eigenvalue weighted by atomic mass is 16.2. The topological polar surface area (TPSA) is 37.4 Å². The van der Waals surface area contributed by atoms with Crippen LogP contribution in [0.3, 0.4) is 0 Å². The van der Waals surface area contributed by atoms with Crippen molar-refractivity contribution in [1.82, 2.24) is 0 Å². The Morgan fingerprint density at radius 2 is 1.55 bits per heavy atom. The second-order valence-corrected chi connectivity index (χ2v) is 8.86. The van der Waals surface area contributed by atoms with Crippen molar-refractivity contribution in [2.45, 2.75) is 59.4 Å². The molecule has 29 heavy (non-hydrogen) atoms. The minimum atomic E-state index is -0.0277. The smallest absolute Gasteiger partial charge is 0.227 e. The average molecular weight is 388 g/mol. The molecule has 0 radical (unpaired) electrons. The van der Waals surface area contributed by atoms with Crippen LogP contribution in [-0.2, 0) is 16.1 Å². The predicted molar refractivity (Wildman–Crippen MR) is 118 cm³/mol. The van der Waals surface area contributed by atoms with E-state index < -0.39 is 0 Å². The first-order valence-corrected chi connectivity index (χ1v) is 10.3. The first-order valence-electron chi connectivity index (χ1n) is 10.3. The Labute approximate surface area is 174 Å². The lowest BCUT2D eigenvalue weighted by molar-refractivity contribution is -0.124. The minimum absolute atomic E-state index is 0.0277. The summed E-state index contributed by atoms with van der Waals surface area (Å²) >= 11 is 0. The number of hydrogen-bond acceptors (Lipinski definition) is 2. The van der Waals surface area contributed by atoms with Gasteiger partial charge in [0.15, 0.2) is 0 Å². The molecule has 2 aromatic carbocycles. The third-order valence-electron chi connectivity index (χ3n) is 5.17. The fourth-order valence-electron chi connectivity index (χ4n) is 3.53. The molecule has 1 amide bonds. The highest BCUT2D eigenvalue weighted by Gasteiger charge is 2.21. The van der Waals surface area contributed by atoms with Gasteiger partial charge in [-0.1, -0.05) is 62.9 Å². The van der Waals surface area contributed by atoms with Gasteiger partial charge in [0.2, 0.25) is 5.91 Å². The van der Waals surface area contributed by atoms with E-state index in [9.17, 15) is 9.59 Å². The van der Waals surface area contributed by atoms with Crippen LogP contribution < -0.4 is 4.90 Å². The Bertz CT molecular complexity index is 956. The Kier molecular flexibility index (Phi) is 6.54. The van der Waals surface area contributed by atoms with Crippen molar-refractivity contribution in [2.75, 3.05) is 4.90 Å². The molecule has 0 spiro atoms. The number of fused-ring (bicyclic) bond motifs is 2. The quantitative estimate of drug-likeness (QED) is 0.614. The number of nitrogens with zero attached hydrogens (tertiary/aromatic N) is 1. The second-order valence-electron chi connectivity index (χ2n) is 8.86. The number of carbonyl (C=O) groups excluding carboxylic acids is 2. The lowest BCUT2D eigenvalue weighted by Gasteiger charge is -2.26. The number of ketones is 1. The summed E-state index contributed by atoms with van der Waals surface area (Å²) in [4.78, 5) is 27.2. The van der Waals surface area contributed by atoms with E-state index in [-0.39, 0.29) is 23.5 Å². The zero-order valence-corrected chi connectivity index (χ0v) is 17.6. The van der Waals surface area contributed by atoms with Gasteiger partial charge >= 0.3 is 0 Å². The number of Topliss-reactive ketones (excluding diaryl/α,β-unsaturated/α-hetero) is 1. The summed E-state index contributed by atoms with van der Waals surface area (Å²) in [5, 5.41) is 0. The molecule has 0 unspecified atom stereocenters. The third-order valence-corrected chi connectivity index (χ3v) is 5.17. The molecule has 1 aliphatic heterocycles. The number of benzene rings is 2. The van der Waals surface area contributed by atoms with Crippen molar-refractivity contribution in [3.63, 3.8) is 0 Å². The monoisotopic (exact) mass is 387 g/mol. The Hall–Kier alpha value is -2.86. The van der Waals surface area contributed by atoms with Crippen LogP contribution in [0.25, 0.3) is 0 Å². The zero-order valence-electron chi connectivity index (χ0n) is 17.6. The van der Waals surface area contributed by atoms with Crippen LogP contribution in [0.4, 0.5) is 5.69 Å². The number of hydrogen-bond donors (Lipinski definition) is 0. The van der Waals surface area contributed by atoms with Gasteiger partial charge in [0.05, 0.1) is 12.2 Å². The van der Waals surface area contributed by atoms with Gasteiger partial charge in [-0.2, -0.15) is 0 Å². The van der Waals surface area contributed by atoms with Gasteiger partial charge in [-0.05, 0) is 42.0 Å². The SMILES string of the molecule is CC(C)(C)CCCC(=O)CCC(=O)N1Cc2ccccc2C#Cc2ccccc21. The van der Waals surface area contributed by atoms with E-state index >= 15 is 0 Å². The van der Waals surface area contributed by atoms with Gasteiger partial charge in [-0.25, -0.2) is 0 Å². The molecular weight excluding hydrogens is 358 g/mol. The van der Waals surface area contributed by atoms with E-state index in [1.165, 1.54) is 0 Å². The summed E-state index contributed by atoms with van der Waals surface area (Å²) in [6.07, 6.45) is 2.98. The molecule has 1 heterocycles. The van der Waals surface area contributed by atoms with E-state index in [4.69, 9.17) is 0 Å². The molecule has 0 saturated heterocycles. The highest BCUT2D eigenvalue weighted by Crippen LogP contribution is 2.26. The van der Waals surface area contributed by atoms with Crippen LogP contribution in [0.2, 0.25) is 0 Å². The molecule has 2 aromatic rings. The Morgan fingerprint density at radius 1 is 0.897 bits per heavy atom. The molecule has 0 saturated carbocycles. The molecule has 0 aliphatic carbocycles. The van der Waals surface area contributed by atoms with Crippen LogP contribution in [0, 0.1) is 17.3 Å². The summed E-state index contributed by atoms with van der Waals surface area (Å²) < 4.78 is 0. The maximum atomic E-state index is 13.1. The second kappa shape index (κ2) is 9.09. The minimum Gasteiger partial charge on any atom is -0.307 e. The predicted octanol–water partition coefficient (Wildman–Crippen LogP) is 5.50. The maximum absolute atomic E-state index is 13.1. The van der Waals surface area contributed by atoms with E-state index in [1.54, 1.807) is 4.90 Å². The summed E-state index contributed by atoms with van der Waals surface area (Å²) in [6, 6.07) is 15.6. The van der Waals surface area contributed by atoms with Crippen LogP contribution >= 0.6 is 0 Å². The Morgan fingerprint density at radius 3 is 2.31 bits per heavy atom. The molecule has 0 bridgehead atoms. The highest BCUT2D eigenvalue weighted by molar-refractivity contribution is 5.97. The number of rotatable bonds is 6. The van der Waals surface area contributed by atoms with Gasteiger partial charge in [0.25, 0.3) is 0 Å². The van der Waals surface area contributed by atoms with Crippen molar-refractivity contribution in [3.05, 3.63) is 65.2 Å². The van der Waals surface area contributed by atoms with E-state index in [0.29, 0.717) is 19.4 Å². The third kappa shape index (κ3) is 5.81. The summed E-state index contributed by atoms with van der Waals surface area (Å²) in [5.41, 5.74) is 3.86. The molecule has 0 aromatic heterocycles. The molecule has 3 rings (SSSR count). The standard InChI is InChI=1S/C26H29NO2/c1-26(2,3)18-8-12-23(28)16-17-25(29)27-19-22-11-5-4-9-20(22)14-15-21-10-6-7-13-24(21)27/h4-7,9-11,13H,8,12,16-19H2,1-3H3. The van der Waals surface area contributed by atoms with E-state index in [2.05, 4.69) is 32.6 Å². The fraction of sp³-hybridized carbons (Fsp3) is 0.385. The first-order chi connectivity index (χ1) is 13.8. The van der Waals surface area contributed by atoms with Gasteiger partial charge in [-0.15, -0.1) is 0 Å². The lowest BCUT2D eigenvalue weighted by atomic mass is 9.89.